The van der Waals surface area contributed by atoms with Crippen LogP contribution < -0.4 is 0 Å². The van der Waals surface area contributed by atoms with Gasteiger partial charge in [-0.2, -0.15) is 0 Å². The van der Waals surface area contributed by atoms with E-state index in [4.69, 9.17) is 22.4 Å². The monoisotopic (exact) mass is 349 g/mol. The Labute approximate surface area is 141 Å². The van der Waals surface area contributed by atoms with E-state index in [0.29, 0.717) is 4.91 Å². The number of hydrogen-bond acceptors (Lipinski definition) is 5. The highest BCUT2D eigenvalue weighted by molar-refractivity contribution is 8.26. The van der Waals surface area contributed by atoms with Crippen molar-refractivity contribution in [1.82, 2.24) is 4.90 Å². The molecule has 1 fully saturated rings. The molecule has 1 saturated heterocycles. The van der Waals surface area contributed by atoms with E-state index in [1.807, 2.05) is 0 Å². The third-order valence-corrected chi connectivity index (χ3v) is 4.26. The number of thiocarbonyl (C=S) groups is 1. The van der Waals surface area contributed by atoms with Crippen molar-refractivity contribution in [3.63, 3.8) is 0 Å². The van der Waals surface area contributed by atoms with Crippen LogP contribution in [-0.2, 0) is 9.59 Å². The minimum absolute atomic E-state index is 0.191. The number of rotatable bonds is 5. The molecule has 1 aliphatic heterocycles. The number of aromatic carboxylic acids is 1. The van der Waals surface area contributed by atoms with Gasteiger partial charge >= 0.3 is 11.9 Å². The second-order valence-corrected chi connectivity index (χ2v) is 6.15. The molecule has 0 unspecified atom stereocenters. The lowest BCUT2D eigenvalue weighted by atomic mass is 10.1. The lowest BCUT2D eigenvalue weighted by Crippen LogP contribution is -2.33. The van der Waals surface area contributed by atoms with E-state index in [0.717, 1.165) is 22.2 Å². The zero-order valence-electron chi connectivity index (χ0n) is 11.6. The summed E-state index contributed by atoms with van der Waals surface area (Å²) in [4.78, 5) is 34.8. The molecule has 0 radical (unpaired) electrons. The summed E-state index contributed by atoms with van der Waals surface area (Å²) in [6, 6.07) is 6.25. The predicted molar refractivity (Wildman–Crippen MR) is 90.1 cm³/mol. The summed E-state index contributed by atoms with van der Waals surface area (Å²) in [5, 5.41) is 17.6. The van der Waals surface area contributed by atoms with Gasteiger partial charge in [0.2, 0.25) is 0 Å². The Morgan fingerprint density at radius 3 is 2.43 bits per heavy atom. The Morgan fingerprint density at radius 2 is 1.87 bits per heavy atom. The third kappa shape index (κ3) is 4.27. The molecule has 23 heavy (non-hydrogen) atoms. The molecule has 8 heteroatoms. The summed E-state index contributed by atoms with van der Waals surface area (Å²) in [5.74, 6) is -2.56. The number of amides is 1. The van der Waals surface area contributed by atoms with Crippen LogP contribution in [0.2, 0.25) is 0 Å². The standard InChI is InChI=1S/C15H11NO5S2/c17-12(18)8-16-13(19)11(23-15(16)22)3-1-2-9-4-6-10(7-5-9)14(20)21/h1-7H,8H2,(H,17,18)(H,20,21)/b2-1+,11-3-. The molecule has 118 valence electrons. The van der Waals surface area contributed by atoms with E-state index in [2.05, 4.69) is 0 Å². The minimum atomic E-state index is -1.13. The molecular formula is C15H11NO5S2. The summed E-state index contributed by atoms with van der Waals surface area (Å²) in [6.45, 7) is -0.456. The Bertz CT molecular complexity index is 737. The Morgan fingerprint density at radius 1 is 1.22 bits per heavy atom. The van der Waals surface area contributed by atoms with Gasteiger partial charge in [-0.1, -0.05) is 48.3 Å². The quantitative estimate of drug-likeness (QED) is 0.622. The Balaban J connectivity index is 2.08. The number of allylic oxidation sites excluding steroid dienone is 2. The van der Waals surface area contributed by atoms with Gasteiger partial charge in [0.1, 0.15) is 10.9 Å². The minimum Gasteiger partial charge on any atom is -0.480 e. The van der Waals surface area contributed by atoms with Crippen molar-refractivity contribution in [3.8, 4) is 0 Å². The number of carbonyl (C=O) groups excluding carboxylic acids is 1. The molecule has 2 rings (SSSR count). The number of thioether (sulfide) groups is 1. The first-order valence-electron chi connectivity index (χ1n) is 6.35. The SMILES string of the molecule is O=C(O)CN1C(=O)/C(=C/C=C/c2ccc(C(=O)O)cc2)SC1=S. The highest BCUT2D eigenvalue weighted by atomic mass is 32.2. The van der Waals surface area contributed by atoms with Crippen LogP contribution in [-0.4, -0.2) is 43.8 Å². The molecule has 1 aromatic rings. The lowest BCUT2D eigenvalue weighted by molar-refractivity contribution is -0.140. The molecule has 0 saturated carbocycles. The molecule has 0 spiro atoms. The van der Waals surface area contributed by atoms with Crippen LogP contribution >= 0.6 is 24.0 Å². The van der Waals surface area contributed by atoms with Gasteiger partial charge in [0.15, 0.2) is 0 Å². The number of nitrogens with zero attached hydrogens (tertiary/aromatic N) is 1. The molecule has 1 aliphatic rings. The zero-order chi connectivity index (χ0) is 17.0. The molecule has 1 heterocycles. The molecule has 0 aliphatic carbocycles. The van der Waals surface area contributed by atoms with Crippen LogP contribution in [0.15, 0.2) is 41.3 Å². The number of carboxylic acid groups (broad SMARTS) is 2. The van der Waals surface area contributed by atoms with Crippen LogP contribution in [0.5, 0.6) is 0 Å². The number of aliphatic carboxylic acids is 1. The van der Waals surface area contributed by atoms with Crippen molar-refractivity contribution in [2.45, 2.75) is 0 Å². The third-order valence-electron chi connectivity index (χ3n) is 2.86. The van der Waals surface area contributed by atoms with Gasteiger partial charge in [0.05, 0.1) is 10.5 Å². The number of hydrogen-bond donors (Lipinski definition) is 2. The summed E-state index contributed by atoms with van der Waals surface area (Å²) >= 11 is 6.02. The summed E-state index contributed by atoms with van der Waals surface area (Å²) in [7, 11) is 0. The van der Waals surface area contributed by atoms with Crippen LogP contribution in [0.1, 0.15) is 15.9 Å². The van der Waals surface area contributed by atoms with Gasteiger partial charge in [0, 0.05) is 0 Å². The normalized spacial score (nSPS) is 16.5. The molecule has 0 bridgehead atoms. The van der Waals surface area contributed by atoms with E-state index < -0.39 is 24.4 Å². The summed E-state index contributed by atoms with van der Waals surface area (Å²) in [5.41, 5.74) is 0.962. The van der Waals surface area contributed by atoms with Crippen LogP contribution in [0, 0.1) is 0 Å². The Hall–Kier alpha value is -2.45. The topological polar surface area (TPSA) is 94.9 Å². The fourth-order valence-corrected chi connectivity index (χ4v) is 2.98. The first-order valence-corrected chi connectivity index (χ1v) is 7.58. The van der Waals surface area contributed by atoms with E-state index >= 15 is 0 Å². The molecule has 6 nitrogen and oxygen atoms in total. The number of carbonyl (C=O) groups is 3. The average molecular weight is 349 g/mol. The van der Waals surface area contributed by atoms with E-state index in [-0.39, 0.29) is 9.88 Å². The van der Waals surface area contributed by atoms with Gasteiger partial charge in [-0.15, -0.1) is 0 Å². The van der Waals surface area contributed by atoms with E-state index in [9.17, 15) is 14.4 Å². The first kappa shape index (κ1) is 16.9. The molecule has 1 amide bonds. The van der Waals surface area contributed by atoms with Gasteiger partial charge in [-0.05, 0) is 23.8 Å². The van der Waals surface area contributed by atoms with Crippen LogP contribution in [0.3, 0.4) is 0 Å². The predicted octanol–water partition coefficient (Wildman–Crippen LogP) is 2.23. The summed E-state index contributed by atoms with van der Waals surface area (Å²) < 4.78 is 0.211. The molecule has 0 atom stereocenters. The second-order valence-electron chi connectivity index (χ2n) is 4.47. The molecule has 0 aromatic heterocycles. The van der Waals surface area contributed by atoms with E-state index in [1.54, 1.807) is 30.4 Å². The number of carboxylic acids is 2. The largest absolute Gasteiger partial charge is 0.480 e. The van der Waals surface area contributed by atoms with Gasteiger partial charge in [0.25, 0.3) is 5.91 Å². The lowest BCUT2D eigenvalue weighted by Gasteiger charge is -2.09. The van der Waals surface area contributed by atoms with Gasteiger partial charge in [-0.3, -0.25) is 14.5 Å². The highest BCUT2D eigenvalue weighted by Gasteiger charge is 2.32. The maximum Gasteiger partial charge on any atom is 0.335 e. The van der Waals surface area contributed by atoms with Gasteiger partial charge in [-0.25, -0.2) is 4.79 Å². The van der Waals surface area contributed by atoms with Crippen LogP contribution in [0.4, 0.5) is 0 Å². The van der Waals surface area contributed by atoms with E-state index in [1.165, 1.54) is 12.1 Å². The average Bonchev–Trinajstić information content (AvgIpc) is 2.75. The smallest absolute Gasteiger partial charge is 0.335 e. The zero-order valence-corrected chi connectivity index (χ0v) is 13.3. The highest BCUT2D eigenvalue weighted by Crippen LogP contribution is 2.30. The maximum absolute atomic E-state index is 12.0. The Kier molecular flexibility index (Phi) is 5.30. The van der Waals surface area contributed by atoms with Crippen molar-refractivity contribution < 1.29 is 24.6 Å². The molecule has 1 aromatic carbocycles. The van der Waals surface area contributed by atoms with Gasteiger partial charge < -0.3 is 10.2 Å². The molecular weight excluding hydrogens is 338 g/mol. The van der Waals surface area contributed by atoms with Crippen molar-refractivity contribution in [1.29, 1.82) is 0 Å². The fraction of sp³-hybridized carbons (Fsp3) is 0.0667. The van der Waals surface area contributed by atoms with Crippen molar-refractivity contribution >= 4 is 52.2 Å². The van der Waals surface area contributed by atoms with Crippen molar-refractivity contribution in [2.24, 2.45) is 0 Å². The maximum atomic E-state index is 12.0. The fourth-order valence-electron chi connectivity index (χ4n) is 1.77. The summed E-state index contributed by atoms with van der Waals surface area (Å²) in [6.07, 6.45) is 4.88. The first-order chi connectivity index (χ1) is 10.9. The second kappa shape index (κ2) is 7.21. The number of benzene rings is 1. The van der Waals surface area contributed by atoms with Crippen molar-refractivity contribution in [3.05, 3.63) is 52.4 Å². The van der Waals surface area contributed by atoms with Crippen LogP contribution in [0.25, 0.3) is 6.08 Å². The molecule has 2 N–H and O–H groups in total. The van der Waals surface area contributed by atoms with Crippen molar-refractivity contribution in [2.75, 3.05) is 6.54 Å².